The third-order valence-electron chi connectivity index (χ3n) is 8.94. The van der Waals surface area contributed by atoms with Gasteiger partial charge in [0.25, 0.3) is 0 Å². The molecule has 6 rings (SSSR count). The lowest BCUT2D eigenvalue weighted by Crippen LogP contribution is -2.53. The molecule has 4 aliphatic heterocycles. The van der Waals surface area contributed by atoms with Crippen LogP contribution in [0.25, 0.3) is 0 Å². The number of aromatic nitrogens is 2. The lowest BCUT2D eigenvalue weighted by Gasteiger charge is -2.45. The molecule has 5 heterocycles. The van der Waals surface area contributed by atoms with Crippen molar-refractivity contribution in [1.82, 2.24) is 19.6 Å². The summed E-state index contributed by atoms with van der Waals surface area (Å²) in [5.74, 6) is 0.0805. The third kappa shape index (κ3) is 5.91. The van der Waals surface area contributed by atoms with E-state index in [0.717, 1.165) is 61.6 Å². The highest BCUT2D eigenvalue weighted by molar-refractivity contribution is 7.92. The molecule has 0 aliphatic carbocycles. The summed E-state index contributed by atoms with van der Waals surface area (Å²) in [6.45, 7) is 3.62. The lowest BCUT2D eigenvalue weighted by molar-refractivity contribution is -0.137. The standard InChI is InChI=1S/C27H35F3N6O4S/c1-41(38,39)32-24-7-12-36(31-24)25(37)33-13-9-26(10-14-33)8-2-11-35(26)16-19-3-4-20(27(28,29)30)15-23(19)34-17-21-5-6-22(18-34)40-21/h3-4,7,12,15,21-22H,2,5-6,8-11,13-14,16-18H2,1H3,(H,31,32)/t21-,22+. The molecule has 1 aromatic carbocycles. The molecule has 224 valence electrons. The van der Waals surface area contributed by atoms with Crippen molar-refractivity contribution in [2.24, 2.45) is 0 Å². The maximum Gasteiger partial charge on any atom is 0.416 e. The molecule has 10 nitrogen and oxygen atoms in total. The highest BCUT2D eigenvalue weighted by Gasteiger charge is 2.45. The maximum absolute atomic E-state index is 13.7. The van der Waals surface area contributed by atoms with Crippen LogP contribution in [0.4, 0.5) is 29.5 Å². The van der Waals surface area contributed by atoms with E-state index in [9.17, 15) is 26.4 Å². The first-order valence-corrected chi connectivity index (χ1v) is 16.0. The first kappa shape index (κ1) is 28.3. The van der Waals surface area contributed by atoms with Gasteiger partial charge in [-0.25, -0.2) is 13.2 Å². The fraction of sp³-hybridized carbons (Fsp3) is 0.630. The van der Waals surface area contributed by atoms with E-state index < -0.39 is 21.8 Å². The van der Waals surface area contributed by atoms with Crippen molar-refractivity contribution in [2.75, 3.05) is 48.6 Å². The average Bonchev–Trinajstić information content (AvgIpc) is 3.62. The van der Waals surface area contributed by atoms with E-state index >= 15 is 0 Å². The summed E-state index contributed by atoms with van der Waals surface area (Å²) in [5.41, 5.74) is 0.772. The van der Waals surface area contributed by atoms with Crippen molar-refractivity contribution in [2.45, 2.75) is 69.0 Å². The lowest BCUT2D eigenvalue weighted by atomic mass is 9.84. The Balaban J connectivity index is 1.17. The fourth-order valence-electron chi connectivity index (χ4n) is 6.93. The number of carbonyl (C=O) groups is 1. The molecule has 4 fully saturated rings. The molecule has 4 saturated heterocycles. The Morgan fingerprint density at radius 1 is 1.10 bits per heavy atom. The summed E-state index contributed by atoms with van der Waals surface area (Å²) in [4.78, 5) is 19.3. The summed E-state index contributed by atoms with van der Waals surface area (Å²) in [5, 5.41) is 4.06. The first-order valence-electron chi connectivity index (χ1n) is 14.1. The number of halogens is 3. The normalized spacial score (nSPS) is 24.8. The van der Waals surface area contributed by atoms with E-state index in [-0.39, 0.29) is 29.6 Å². The smallest absolute Gasteiger partial charge is 0.371 e. The zero-order valence-electron chi connectivity index (χ0n) is 22.9. The minimum Gasteiger partial charge on any atom is -0.371 e. The van der Waals surface area contributed by atoms with Gasteiger partial charge >= 0.3 is 12.2 Å². The van der Waals surface area contributed by atoms with Gasteiger partial charge in [-0.15, -0.1) is 5.10 Å². The molecule has 1 spiro atoms. The van der Waals surface area contributed by atoms with E-state index in [1.54, 1.807) is 11.0 Å². The number of nitrogens with zero attached hydrogens (tertiary/aromatic N) is 5. The number of piperidine rings is 1. The van der Waals surface area contributed by atoms with Crippen LogP contribution >= 0.6 is 0 Å². The predicted octanol–water partition coefficient (Wildman–Crippen LogP) is 3.74. The molecular formula is C27H35F3N6O4S. The Bertz CT molecular complexity index is 1390. The number of hydrogen-bond acceptors (Lipinski definition) is 7. The predicted molar refractivity (Wildman–Crippen MR) is 146 cm³/mol. The van der Waals surface area contributed by atoms with Gasteiger partial charge < -0.3 is 14.5 Å². The second-order valence-electron chi connectivity index (χ2n) is 11.7. The number of anilines is 2. The minimum absolute atomic E-state index is 0.0594. The quantitative estimate of drug-likeness (QED) is 0.562. The van der Waals surface area contributed by atoms with E-state index in [1.165, 1.54) is 24.4 Å². The van der Waals surface area contributed by atoms with Gasteiger partial charge in [0.15, 0.2) is 5.82 Å². The first-order chi connectivity index (χ1) is 19.4. The number of amides is 1. The number of hydrogen-bond donors (Lipinski definition) is 1. The molecule has 1 amide bonds. The van der Waals surface area contributed by atoms with Gasteiger partial charge in [-0.2, -0.15) is 17.9 Å². The molecule has 1 aromatic heterocycles. The van der Waals surface area contributed by atoms with Crippen molar-refractivity contribution in [3.05, 3.63) is 41.6 Å². The summed E-state index contributed by atoms with van der Waals surface area (Å²) in [7, 11) is -3.51. The van der Waals surface area contributed by atoms with Crippen LogP contribution in [-0.2, 0) is 27.5 Å². The van der Waals surface area contributed by atoms with E-state index in [2.05, 4.69) is 19.6 Å². The van der Waals surface area contributed by atoms with Crippen molar-refractivity contribution in [3.63, 3.8) is 0 Å². The van der Waals surface area contributed by atoms with Crippen molar-refractivity contribution >= 4 is 27.6 Å². The summed E-state index contributed by atoms with van der Waals surface area (Å²) >= 11 is 0. The molecule has 41 heavy (non-hydrogen) atoms. The van der Waals surface area contributed by atoms with Gasteiger partial charge in [-0.05, 0) is 62.8 Å². The van der Waals surface area contributed by atoms with Crippen LogP contribution in [0.5, 0.6) is 0 Å². The Hall–Kier alpha value is -2.84. The molecular weight excluding hydrogens is 561 g/mol. The van der Waals surface area contributed by atoms with E-state index in [0.29, 0.717) is 38.4 Å². The molecule has 2 bridgehead atoms. The van der Waals surface area contributed by atoms with Crippen molar-refractivity contribution in [1.29, 1.82) is 0 Å². The van der Waals surface area contributed by atoms with Crippen LogP contribution in [0.2, 0.25) is 0 Å². The largest absolute Gasteiger partial charge is 0.416 e. The molecule has 0 saturated carbocycles. The molecule has 2 atom stereocenters. The average molecular weight is 597 g/mol. The van der Waals surface area contributed by atoms with E-state index in [4.69, 9.17) is 4.74 Å². The number of rotatable bonds is 5. The molecule has 1 N–H and O–H groups in total. The molecule has 4 aliphatic rings. The number of fused-ring (bicyclic) bond motifs is 2. The Kier molecular flexibility index (Phi) is 7.22. The topological polar surface area (TPSA) is 100 Å². The number of carbonyl (C=O) groups excluding carboxylic acids is 1. The van der Waals surface area contributed by atoms with Crippen LogP contribution in [-0.4, -0.2) is 90.8 Å². The highest BCUT2D eigenvalue weighted by Crippen LogP contribution is 2.42. The van der Waals surface area contributed by atoms with Gasteiger partial charge in [-0.3, -0.25) is 9.62 Å². The van der Waals surface area contributed by atoms with Crippen LogP contribution in [0.1, 0.15) is 49.7 Å². The second-order valence-corrected chi connectivity index (χ2v) is 13.5. The van der Waals surface area contributed by atoms with Crippen LogP contribution < -0.4 is 9.62 Å². The highest BCUT2D eigenvalue weighted by atomic mass is 32.2. The van der Waals surface area contributed by atoms with Crippen LogP contribution in [0.15, 0.2) is 30.5 Å². The van der Waals surface area contributed by atoms with Gasteiger partial charge in [0.2, 0.25) is 10.0 Å². The summed E-state index contributed by atoms with van der Waals surface area (Å²) in [6, 6.07) is 5.25. The minimum atomic E-state index is -4.41. The SMILES string of the molecule is CS(=O)(=O)Nc1ccn(C(=O)N2CCC3(CCCN3Cc3ccc(C(F)(F)F)cc3N3C[C@H]4CC[C@@H](C3)O4)CC2)n1. The third-order valence-corrected chi connectivity index (χ3v) is 9.52. The van der Waals surface area contributed by atoms with Gasteiger partial charge in [0.1, 0.15) is 0 Å². The second kappa shape index (κ2) is 10.5. The number of likely N-dealkylation sites (tertiary alicyclic amines) is 2. The number of ether oxygens (including phenoxy) is 1. The van der Waals surface area contributed by atoms with Gasteiger partial charge in [-0.1, -0.05) is 6.07 Å². The fourth-order valence-corrected chi connectivity index (χ4v) is 7.42. The van der Waals surface area contributed by atoms with Gasteiger partial charge in [0.05, 0.1) is 24.0 Å². The number of sulfonamides is 1. The van der Waals surface area contributed by atoms with Crippen molar-refractivity contribution in [3.8, 4) is 0 Å². The van der Waals surface area contributed by atoms with Crippen molar-refractivity contribution < 1.29 is 31.1 Å². The molecule has 0 radical (unpaired) electrons. The molecule has 14 heteroatoms. The Morgan fingerprint density at radius 3 is 2.46 bits per heavy atom. The monoisotopic (exact) mass is 596 g/mol. The number of nitrogens with one attached hydrogen (secondary N) is 1. The number of benzene rings is 1. The van der Waals surface area contributed by atoms with Crippen LogP contribution in [0, 0.1) is 0 Å². The summed E-state index contributed by atoms with van der Waals surface area (Å²) in [6.07, 6.45) is 3.48. The zero-order chi connectivity index (χ0) is 29.0. The number of morpholine rings is 1. The van der Waals surface area contributed by atoms with E-state index in [1.807, 2.05) is 0 Å². The Labute approximate surface area is 237 Å². The van der Waals surface area contributed by atoms with Gasteiger partial charge in [0, 0.05) is 56.2 Å². The van der Waals surface area contributed by atoms with Crippen LogP contribution in [0.3, 0.4) is 0 Å². The maximum atomic E-state index is 13.7. The zero-order valence-corrected chi connectivity index (χ0v) is 23.8. The summed E-state index contributed by atoms with van der Waals surface area (Å²) < 4.78 is 73.4. The molecule has 2 aromatic rings. The number of alkyl halides is 3. The Morgan fingerprint density at radius 2 is 1.80 bits per heavy atom. The molecule has 0 unspecified atom stereocenters.